The van der Waals surface area contributed by atoms with E-state index in [4.69, 9.17) is 14.2 Å². The van der Waals surface area contributed by atoms with Gasteiger partial charge in [0.1, 0.15) is 16.5 Å². The van der Waals surface area contributed by atoms with E-state index in [2.05, 4.69) is 5.32 Å². The minimum atomic E-state index is -3.60. The van der Waals surface area contributed by atoms with Crippen LogP contribution in [0.1, 0.15) is 55.7 Å². The molecule has 0 aliphatic carbocycles. The monoisotopic (exact) mass is 524 g/mol. The Morgan fingerprint density at radius 2 is 1.69 bits per heavy atom. The van der Waals surface area contributed by atoms with Gasteiger partial charge in [0.05, 0.1) is 23.7 Å². The third-order valence-corrected chi connectivity index (χ3v) is 8.48. The average Bonchev–Trinajstić information content (AvgIpc) is 3.48. The molecule has 0 unspecified atom stereocenters. The summed E-state index contributed by atoms with van der Waals surface area (Å²) in [6.45, 7) is 4.55. The number of rotatable bonds is 10. The van der Waals surface area contributed by atoms with Crippen LogP contribution in [0.25, 0.3) is 0 Å². The molecule has 1 fully saturated rings. The van der Waals surface area contributed by atoms with Gasteiger partial charge in [-0.2, -0.15) is 4.31 Å². The number of nitrogens with zero attached hydrogens (tertiary/aromatic N) is 1. The first-order valence-electron chi connectivity index (χ1n) is 11.1. The standard InChI is InChI=1S/C23H28N2O8S2/c1-4-32-22(27)18-15(2)19(23(28)33-14-13-31-3)34-21(18)24-20(26)16-7-9-17(10-8-16)35(29,30)25-11-5-6-12-25/h7-10H,4-6,11-14H2,1-3H3,(H,24,26). The van der Waals surface area contributed by atoms with Crippen LogP contribution in [0.3, 0.4) is 0 Å². The van der Waals surface area contributed by atoms with Crippen molar-refractivity contribution in [3.63, 3.8) is 0 Å². The molecule has 10 nitrogen and oxygen atoms in total. The second-order valence-electron chi connectivity index (χ2n) is 7.70. The number of carbonyl (C=O) groups is 3. The summed E-state index contributed by atoms with van der Waals surface area (Å²) in [7, 11) is -2.13. The predicted octanol–water partition coefficient (Wildman–Crippen LogP) is 3.07. The SMILES string of the molecule is CCOC(=O)c1c(NC(=O)c2ccc(S(=O)(=O)N3CCCC3)cc2)sc(C(=O)OCCOC)c1C. The number of nitrogens with one attached hydrogen (secondary N) is 1. The maximum Gasteiger partial charge on any atom is 0.348 e. The molecule has 35 heavy (non-hydrogen) atoms. The number of thiophene rings is 1. The largest absolute Gasteiger partial charge is 0.462 e. The zero-order valence-electron chi connectivity index (χ0n) is 19.8. The van der Waals surface area contributed by atoms with Gasteiger partial charge >= 0.3 is 11.9 Å². The molecule has 0 spiro atoms. The summed E-state index contributed by atoms with van der Waals surface area (Å²) in [5.41, 5.74) is 0.589. The van der Waals surface area contributed by atoms with E-state index in [-0.39, 0.29) is 45.7 Å². The zero-order chi connectivity index (χ0) is 25.6. The van der Waals surface area contributed by atoms with Crippen molar-refractivity contribution >= 4 is 44.2 Å². The number of sulfonamides is 1. The smallest absolute Gasteiger partial charge is 0.348 e. The fraction of sp³-hybridized carbons (Fsp3) is 0.435. The van der Waals surface area contributed by atoms with E-state index in [1.807, 2.05) is 0 Å². The summed E-state index contributed by atoms with van der Waals surface area (Å²) in [4.78, 5) is 38.2. The molecule has 2 heterocycles. The lowest BCUT2D eigenvalue weighted by Crippen LogP contribution is -2.27. The van der Waals surface area contributed by atoms with E-state index in [9.17, 15) is 22.8 Å². The zero-order valence-corrected chi connectivity index (χ0v) is 21.4. The number of methoxy groups -OCH3 is 1. The van der Waals surface area contributed by atoms with E-state index >= 15 is 0 Å². The molecule has 0 radical (unpaired) electrons. The first-order valence-corrected chi connectivity index (χ1v) is 13.3. The number of esters is 2. The molecule has 1 aliphatic heterocycles. The molecule has 3 rings (SSSR count). The van der Waals surface area contributed by atoms with Crippen molar-refractivity contribution in [2.24, 2.45) is 0 Å². The molecule has 2 aromatic rings. The van der Waals surface area contributed by atoms with Crippen LogP contribution in [0.5, 0.6) is 0 Å². The third kappa shape index (κ3) is 6.07. The highest BCUT2D eigenvalue weighted by Gasteiger charge is 2.29. The first-order chi connectivity index (χ1) is 16.7. The third-order valence-electron chi connectivity index (χ3n) is 5.38. The summed E-state index contributed by atoms with van der Waals surface area (Å²) in [6, 6.07) is 5.58. The molecule has 1 aromatic heterocycles. The summed E-state index contributed by atoms with van der Waals surface area (Å²) < 4.78 is 42.0. The van der Waals surface area contributed by atoms with E-state index in [0.29, 0.717) is 18.7 Å². The molecule has 1 saturated heterocycles. The van der Waals surface area contributed by atoms with Crippen molar-refractivity contribution in [3.05, 3.63) is 45.8 Å². The van der Waals surface area contributed by atoms with E-state index < -0.39 is 27.9 Å². The van der Waals surface area contributed by atoms with Gasteiger partial charge in [-0.15, -0.1) is 11.3 Å². The molecule has 0 atom stereocenters. The molecule has 1 aliphatic rings. The molecular weight excluding hydrogens is 496 g/mol. The van der Waals surface area contributed by atoms with Crippen LogP contribution < -0.4 is 5.32 Å². The van der Waals surface area contributed by atoms with Gasteiger partial charge in [-0.25, -0.2) is 18.0 Å². The van der Waals surface area contributed by atoms with Crippen molar-refractivity contribution in [3.8, 4) is 0 Å². The van der Waals surface area contributed by atoms with Crippen LogP contribution in [0.2, 0.25) is 0 Å². The highest BCUT2D eigenvalue weighted by molar-refractivity contribution is 7.89. The van der Waals surface area contributed by atoms with Crippen LogP contribution in [0.15, 0.2) is 29.2 Å². The molecule has 0 saturated carbocycles. The first kappa shape index (κ1) is 26.8. The van der Waals surface area contributed by atoms with E-state index in [1.165, 1.54) is 35.7 Å². The lowest BCUT2D eigenvalue weighted by Gasteiger charge is -2.15. The van der Waals surface area contributed by atoms with Crippen LogP contribution in [0, 0.1) is 6.92 Å². The molecule has 12 heteroatoms. The van der Waals surface area contributed by atoms with Gasteiger partial charge in [-0.3, -0.25) is 4.79 Å². The van der Waals surface area contributed by atoms with Gasteiger partial charge in [-0.05, 0) is 56.5 Å². The minimum absolute atomic E-state index is 0.0375. The predicted molar refractivity (Wildman–Crippen MR) is 130 cm³/mol. The maximum absolute atomic E-state index is 12.9. The second-order valence-corrected chi connectivity index (χ2v) is 10.7. The number of hydrogen-bond donors (Lipinski definition) is 1. The van der Waals surface area contributed by atoms with Crippen LogP contribution in [-0.4, -0.2) is 70.6 Å². The Bertz CT molecular complexity index is 1180. The summed E-state index contributed by atoms with van der Waals surface area (Å²) in [6.07, 6.45) is 1.65. The maximum atomic E-state index is 12.9. The molecule has 1 N–H and O–H groups in total. The highest BCUT2D eigenvalue weighted by Crippen LogP contribution is 2.35. The van der Waals surface area contributed by atoms with Crippen molar-refractivity contribution in [1.29, 1.82) is 0 Å². The van der Waals surface area contributed by atoms with Crippen molar-refractivity contribution < 1.29 is 37.0 Å². The van der Waals surface area contributed by atoms with E-state index in [1.54, 1.807) is 13.8 Å². The number of anilines is 1. The van der Waals surface area contributed by atoms with Crippen LogP contribution >= 0.6 is 11.3 Å². The Labute approximate surface area is 208 Å². The van der Waals surface area contributed by atoms with Gasteiger partial charge in [-0.1, -0.05) is 0 Å². The summed E-state index contributed by atoms with van der Waals surface area (Å²) >= 11 is 0.903. The molecule has 0 bridgehead atoms. The Hall–Kier alpha value is -2.80. The molecular formula is C23H28N2O8S2. The Morgan fingerprint density at radius 1 is 1.03 bits per heavy atom. The van der Waals surface area contributed by atoms with Crippen LogP contribution in [0.4, 0.5) is 5.00 Å². The molecule has 1 amide bonds. The molecule has 1 aromatic carbocycles. The number of ether oxygens (including phenoxy) is 3. The topological polar surface area (TPSA) is 128 Å². The molecule has 190 valence electrons. The number of benzene rings is 1. The highest BCUT2D eigenvalue weighted by atomic mass is 32.2. The Kier molecular flexibility index (Phi) is 9.00. The summed E-state index contributed by atoms with van der Waals surface area (Å²) in [5.74, 6) is -1.90. The van der Waals surface area contributed by atoms with Gasteiger partial charge < -0.3 is 19.5 Å². The lowest BCUT2D eigenvalue weighted by molar-refractivity contribution is 0.0392. The minimum Gasteiger partial charge on any atom is -0.462 e. The van der Waals surface area contributed by atoms with Crippen LogP contribution in [-0.2, 0) is 24.2 Å². The lowest BCUT2D eigenvalue weighted by atomic mass is 10.1. The van der Waals surface area contributed by atoms with Crippen molar-refractivity contribution in [2.45, 2.75) is 31.6 Å². The normalized spacial score (nSPS) is 14.0. The number of hydrogen-bond acceptors (Lipinski definition) is 9. The fourth-order valence-corrected chi connectivity index (χ4v) is 6.16. The van der Waals surface area contributed by atoms with Gasteiger partial charge in [0, 0.05) is 25.8 Å². The van der Waals surface area contributed by atoms with Gasteiger partial charge in [0.2, 0.25) is 10.0 Å². The Balaban J connectivity index is 1.83. The number of carbonyl (C=O) groups excluding carboxylic acids is 3. The van der Waals surface area contributed by atoms with Crippen molar-refractivity contribution in [1.82, 2.24) is 4.31 Å². The number of amides is 1. The quantitative estimate of drug-likeness (QED) is 0.371. The van der Waals surface area contributed by atoms with Gasteiger partial charge in [0.15, 0.2) is 0 Å². The fourth-order valence-electron chi connectivity index (χ4n) is 3.56. The summed E-state index contributed by atoms with van der Waals surface area (Å²) in [5, 5.41) is 2.79. The Morgan fingerprint density at radius 3 is 2.29 bits per heavy atom. The van der Waals surface area contributed by atoms with Gasteiger partial charge in [0.25, 0.3) is 5.91 Å². The van der Waals surface area contributed by atoms with Crippen molar-refractivity contribution in [2.75, 3.05) is 45.3 Å². The van der Waals surface area contributed by atoms with E-state index in [0.717, 1.165) is 24.2 Å². The average molecular weight is 525 g/mol. The second kappa shape index (κ2) is 11.8.